The van der Waals surface area contributed by atoms with Crippen LogP contribution in [0, 0.1) is 13.8 Å². The van der Waals surface area contributed by atoms with Crippen molar-refractivity contribution < 1.29 is 9.90 Å². The Bertz CT molecular complexity index is 345. The van der Waals surface area contributed by atoms with Crippen molar-refractivity contribution in [3.05, 3.63) is 28.8 Å². The van der Waals surface area contributed by atoms with Crippen LogP contribution in [0.1, 0.15) is 16.7 Å². The van der Waals surface area contributed by atoms with Gasteiger partial charge >= 0.3 is 5.97 Å². The summed E-state index contributed by atoms with van der Waals surface area (Å²) in [6, 6.07) is 3.74. The zero-order valence-corrected chi connectivity index (χ0v) is 8.56. The van der Waals surface area contributed by atoms with E-state index in [1.54, 1.807) is 0 Å². The number of carboxylic acid groups (broad SMARTS) is 1. The van der Waals surface area contributed by atoms with Gasteiger partial charge in [-0.3, -0.25) is 4.79 Å². The van der Waals surface area contributed by atoms with Crippen LogP contribution in [0.15, 0.2) is 17.0 Å². The number of carbonyl (C=O) groups is 1. The third-order valence-corrected chi connectivity index (χ3v) is 2.77. The van der Waals surface area contributed by atoms with E-state index in [4.69, 9.17) is 5.11 Å². The SMILES string of the molecule is Cc1ccc(CC(=O)O)c(C)c1S. The highest BCUT2D eigenvalue weighted by Gasteiger charge is 2.07. The molecule has 0 unspecified atom stereocenters. The Hall–Kier alpha value is -0.960. The molecule has 13 heavy (non-hydrogen) atoms. The molecule has 0 aliphatic carbocycles. The van der Waals surface area contributed by atoms with E-state index in [2.05, 4.69) is 12.6 Å². The topological polar surface area (TPSA) is 37.3 Å². The van der Waals surface area contributed by atoms with Crippen LogP contribution >= 0.6 is 12.6 Å². The van der Waals surface area contributed by atoms with Crippen LogP contribution < -0.4 is 0 Å². The zero-order valence-electron chi connectivity index (χ0n) is 7.66. The average Bonchev–Trinajstić information content (AvgIpc) is 2.06. The number of aryl methyl sites for hydroxylation is 1. The highest BCUT2D eigenvalue weighted by molar-refractivity contribution is 7.80. The van der Waals surface area contributed by atoms with Crippen molar-refractivity contribution >= 4 is 18.6 Å². The lowest BCUT2D eigenvalue weighted by atomic mass is 10.0. The molecule has 0 spiro atoms. The summed E-state index contributed by atoms with van der Waals surface area (Å²) in [5.41, 5.74) is 2.88. The number of rotatable bonds is 2. The molecule has 3 heteroatoms. The van der Waals surface area contributed by atoms with Crippen LogP contribution in [-0.2, 0) is 11.2 Å². The van der Waals surface area contributed by atoms with E-state index >= 15 is 0 Å². The van der Waals surface area contributed by atoms with Gasteiger partial charge in [0.2, 0.25) is 0 Å². The van der Waals surface area contributed by atoms with Crippen molar-refractivity contribution in [2.24, 2.45) is 0 Å². The summed E-state index contributed by atoms with van der Waals surface area (Å²) >= 11 is 4.31. The Balaban J connectivity index is 3.10. The molecule has 0 saturated heterocycles. The maximum Gasteiger partial charge on any atom is 0.307 e. The zero-order chi connectivity index (χ0) is 10.0. The molecule has 0 bridgehead atoms. The second-order valence-corrected chi connectivity index (χ2v) is 3.53. The van der Waals surface area contributed by atoms with E-state index < -0.39 is 5.97 Å². The predicted octanol–water partition coefficient (Wildman–Crippen LogP) is 2.22. The van der Waals surface area contributed by atoms with E-state index in [1.807, 2.05) is 26.0 Å². The van der Waals surface area contributed by atoms with E-state index in [9.17, 15) is 4.79 Å². The lowest BCUT2D eigenvalue weighted by molar-refractivity contribution is -0.136. The predicted molar refractivity (Wildman–Crippen MR) is 54.5 cm³/mol. The van der Waals surface area contributed by atoms with E-state index in [-0.39, 0.29) is 6.42 Å². The molecule has 1 aromatic rings. The first-order valence-corrected chi connectivity index (χ1v) is 4.47. The van der Waals surface area contributed by atoms with Gasteiger partial charge in [-0.1, -0.05) is 12.1 Å². The molecule has 1 aromatic carbocycles. The highest BCUT2D eigenvalue weighted by atomic mass is 32.1. The van der Waals surface area contributed by atoms with Crippen molar-refractivity contribution in [3.8, 4) is 0 Å². The van der Waals surface area contributed by atoms with Crippen LogP contribution in [0.5, 0.6) is 0 Å². The van der Waals surface area contributed by atoms with Gasteiger partial charge in [-0.15, -0.1) is 12.6 Å². The maximum absolute atomic E-state index is 10.5. The third-order valence-electron chi connectivity index (χ3n) is 2.09. The molecule has 0 saturated carbocycles. The van der Waals surface area contributed by atoms with Crippen LogP contribution in [0.2, 0.25) is 0 Å². The van der Waals surface area contributed by atoms with Gasteiger partial charge in [0, 0.05) is 4.90 Å². The lowest BCUT2D eigenvalue weighted by Crippen LogP contribution is -2.02. The van der Waals surface area contributed by atoms with Crippen LogP contribution in [0.3, 0.4) is 0 Å². The summed E-state index contributed by atoms with van der Waals surface area (Å²) in [4.78, 5) is 11.4. The monoisotopic (exact) mass is 196 g/mol. The highest BCUT2D eigenvalue weighted by Crippen LogP contribution is 2.21. The smallest absolute Gasteiger partial charge is 0.307 e. The normalized spacial score (nSPS) is 10.1. The molecule has 0 amide bonds. The summed E-state index contributed by atoms with van der Waals surface area (Å²) in [6.07, 6.45) is 0.0691. The van der Waals surface area contributed by atoms with Gasteiger partial charge in [0.05, 0.1) is 6.42 Å². The fourth-order valence-corrected chi connectivity index (χ4v) is 1.45. The summed E-state index contributed by atoms with van der Waals surface area (Å²) < 4.78 is 0. The lowest BCUT2D eigenvalue weighted by Gasteiger charge is -2.08. The Labute approximate surface area is 83.0 Å². The first-order chi connectivity index (χ1) is 6.02. The van der Waals surface area contributed by atoms with E-state index in [0.717, 1.165) is 21.6 Å². The molecule has 0 heterocycles. The minimum absolute atomic E-state index is 0.0691. The van der Waals surface area contributed by atoms with Crippen molar-refractivity contribution in [3.63, 3.8) is 0 Å². The molecule has 0 radical (unpaired) electrons. The second-order valence-electron chi connectivity index (χ2n) is 3.09. The number of benzene rings is 1. The molecule has 2 nitrogen and oxygen atoms in total. The molecule has 1 rings (SSSR count). The van der Waals surface area contributed by atoms with Crippen molar-refractivity contribution in [2.75, 3.05) is 0 Å². The minimum atomic E-state index is -0.806. The van der Waals surface area contributed by atoms with Crippen molar-refractivity contribution in [2.45, 2.75) is 25.2 Å². The van der Waals surface area contributed by atoms with Gasteiger partial charge < -0.3 is 5.11 Å². The number of hydrogen-bond acceptors (Lipinski definition) is 2. The standard InChI is InChI=1S/C10H12O2S/c1-6-3-4-8(5-9(11)12)7(2)10(6)13/h3-4,13H,5H2,1-2H3,(H,11,12). The number of aliphatic carboxylic acids is 1. The molecule has 70 valence electrons. The number of carboxylic acids is 1. The van der Waals surface area contributed by atoms with Gasteiger partial charge in [-0.05, 0) is 30.5 Å². The van der Waals surface area contributed by atoms with Crippen molar-refractivity contribution in [1.29, 1.82) is 0 Å². The molecular weight excluding hydrogens is 184 g/mol. The number of hydrogen-bond donors (Lipinski definition) is 2. The maximum atomic E-state index is 10.5. The van der Waals surface area contributed by atoms with Crippen LogP contribution in [0.4, 0.5) is 0 Å². The van der Waals surface area contributed by atoms with E-state index in [0.29, 0.717) is 0 Å². The first-order valence-electron chi connectivity index (χ1n) is 4.02. The minimum Gasteiger partial charge on any atom is -0.481 e. The molecular formula is C10H12O2S. The van der Waals surface area contributed by atoms with Gasteiger partial charge in [0.1, 0.15) is 0 Å². The van der Waals surface area contributed by atoms with Crippen molar-refractivity contribution in [1.82, 2.24) is 0 Å². The molecule has 0 aliphatic rings. The average molecular weight is 196 g/mol. The largest absolute Gasteiger partial charge is 0.481 e. The van der Waals surface area contributed by atoms with Gasteiger partial charge in [0.15, 0.2) is 0 Å². The molecule has 0 atom stereocenters. The Morgan fingerprint density at radius 2 is 2.08 bits per heavy atom. The van der Waals surface area contributed by atoms with Gasteiger partial charge in [0.25, 0.3) is 0 Å². The summed E-state index contributed by atoms with van der Waals surface area (Å²) in [5, 5.41) is 8.63. The fourth-order valence-electron chi connectivity index (χ4n) is 1.23. The van der Waals surface area contributed by atoms with E-state index in [1.165, 1.54) is 0 Å². The fraction of sp³-hybridized carbons (Fsp3) is 0.300. The number of thiol groups is 1. The summed E-state index contributed by atoms with van der Waals surface area (Å²) in [6.45, 7) is 3.85. The second kappa shape index (κ2) is 3.83. The first kappa shape index (κ1) is 10.1. The van der Waals surface area contributed by atoms with Crippen LogP contribution in [-0.4, -0.2) is 11.1 Å². The van der Waals surface area contributed by atoms with Gasteiger partial charge in [-0.2, -0.15) is 0 Å². The molecule has 0 aromatic heterocycles. The summed E-state index contributed by atoms with van der Waals surface area (Å²) in [5.74, 6) is -0.806. The quantitative estimate of drug-likeness (QED) is 0.712. The Morgan fingerprint density at radius 1 is 1.46 bits per heavy atom. The molecule has 0 aliphatic heterocycles. The summed E-state index contributed by atoms with van der Waals surface area (Å²) in [7, 11) is 0. The molecule has 1 N–H and O–H groups in total. The van der Waals surface area contributed by atoms with Gasteiger partial charge in [-0.25, -0.2) is 0 Å². The Morgan fingerprint density at radius 3 is 2.62 bits per heavy atom. The Kier molecular flexibility index (Phi) is 2.98. The molecule has 0 fully saturated rings. The van der Waals surface area contributed by atoms with Crippen LogP contribution in [0.25, 0.3) is 0 Å². The third kappa shape index (κ3) is 2.25.